The molecule has 2 radical (unpaired) electrons. The van der Waals surface area contributed by atoms with Gasteiger partial charge in [0.1, 0.15) is 15.8 Å². The zero-order chi connectivity index (χ0) is 49.9. The molecule has 4 heterocycles. The molecule has 3 aromatic carbocycles. The molecule has 0 N–H and O–H groups in total. The molecule has 68 heavy (non-hydrogen) atoms. The molecule has 0 amide bonds. The Balaban J connectivity index is 1.28. The Kier molecular flexibility index (Phi) is 10.1. The summed E-state index contributed by atoms with van der Waals surface area (Å²) in [6, 6.07) is 21.1. The minimum Gasteiger partial charge on any atom is -0.714 e. The summed E-state index contributed by atoms with van der Waals surface area (Å²) in [7, 11) is 0. The fraction of sp³-hybridized carbons (Fsp3) is 0.385. The molecule has 3 aromatic rings. The molecule has 9 rings (SSSR count). The second-order valence-electron chi connectivity index (χ2n) is 20.1. The number of benzene rings is 3. The van der Waals surface area contributed by atoms with E-state index in [4.69, 9.17) is 0 Å². The summed E-state index contributed by atoms with van der Waals surface area (Å²) in [6.07, 6.45) is 0. The number of hydrogen-bond donors (Lipinski definition) is 0. The van der Waals surface area contributed by atoms with Crippen molar-refractivity contribution in [3.05, 3.63) is 155 Å². The molecule has 0 bridgehead atoms. The Morgan fingerprint density at radius 3 is 1.47 bits per heavy atom. The fourth-order valence-electron chi connectivity index (χ4n) is 9.86. The first-order valence-corrected chi connectivity index (χ1v) is 23.4. The Morgan fingerprint density at radius 1 is 0.544 bits per heavy atom. The van der Waals surface area contributed by atoms with E-state index in [1.165, 1.54) is 26.0 Å². The van der Waals surface area contributed by atoms with Crippen LogP contribution in [0.25, 0.3) is 4.91 Å². The van der Waals surface area contributed by atoms with Gasteiger partial charge in [-0.05, 0) is 140 Å². The average Bonchev–Trinajstić information content (AvgIpc) is 3.84. The molecular formula is C52H46F6N4O4S2. The highest BCUT2D eigenvalue weighted by Crippen LogP contribution is 2.76. The third kappa shape index (κ3) is 5.78. The molecule has 352 valence electrons. The van der Waals surface area contributed by atoms with Crippen LogP contribution in [0.3, 0.4) is 0 Å². The lowest BCUT2D eigenvalue weighted by molar-refractivity contribution is -0.539. The van der Waals surface area contributed by atoms with E-state index in [0.29, 0.717) is 35.6 Å². The van der Waals surface area contributed by atoms with Crippen molar-refractivity contribution < 1.29 is 46.2 Å². The van der Waals surface area contributed by atoms with E-state index in [0.717, 1.165) is 23.5 Å². The van der Waals surface area contributed by atoms with Crippen molar-refractivity contribution in [3.63, 3.8) is 0 Å². The molecule has 1 fully saturated rings. The van der Waals surface area contributed by atoms with Gasteiger partial charge in [-0.2, -0.15) is 26.3 Å². The van der Waals surface area contributed by atoms with Crippen molar-refractivity contribution in [1.82, 2.24) is 10.1 Å². The lowest BCUT2D eigenvalue weighted by Crippen LogP contribution is -2.53. The van der Waals surface area contributed by atoms with Crippen LogP contribution in [-0.4, -0.2) is 80.7 Å². The van der Waals surface area contributed by atoms with Crippen molar-refractivity contribution in [3.8, 4) is 23.7 Å². The standard InChI is InChI=1S/C52H46F6N4O4S2/c1-29-36(24-23-31-17-15-21-34(27-31)42-59(63)44(3,4)45(5,6)60(42)64)67-49(26-25-32-18-16-22-35(28-32)43-61(65)46(7,8)47(9,10)62(43)66)38(29)40-39(50(53,54)52(57,58)51(40,55)56)37-30(2)41(68-48(37,49)11)33-19-13-12-14-20-33/h12-22,27-28H,1-11H3. The zero-order valence-electron chi connectivity index (χ0n) is 39.0. The van der Waals surface area contributed by atoms with E-state index in [1.807, 2.05) is 0 Å². The summed E-state index contributed by atoms with van der Waals surface area (Å²) >= 11 is 1.97. The van der Waals surface area contributed by atoms with Crippen molar-refractivity contribution in [2.24, 2.45) is 0 Å². The highest BCUT2D eigenvalue weighted by molar-refractivity contribution is 8.12. The maximum Gasteiger partial charge on any atom is 0.380 e. The summed E-state index contributed by atoms with van der Waals surface area (Å²) in [6.45, 7) is 17.6. The van der Waals surface area contributed by atoms with Gasteiger partial charge in [0.15, 0.2) is 11.1 Å². The van der Waals surface area contributed by atoms with Crippen LogP contribution in [0.15, 0.2) is 117 Å². The fourth-order valence-corrected chi connectivity index (χ4v) is 13.1. The Morgan fingerprint density at radius 2 is 1.00 bits per heavy atom. The number of hydrogen-bond acceptors (Lipinski definition) is 6. The van der Waals surface area contributed by atoms with Crippen LogP contribution in [0.2, 0.25) is 0 Å². The molecule has 0 saturated heterocycles. The summed E-state index contributed by atoms with van der Waals surface area (Å²) in [5.41, 5.74) is -6.80. The summed E-state index contributed by atoms with van der Waals surface area (Å²) in [5.74, 6) is -4.60. The maximum atomic E-state index is 16.8. The number of rotatable bonds is 3. The zero-order valence-corrected chi connectivity index (χ0v) is 40.6. The monoisotopic (exact) mass is 968 g/mol. The van der Waals surface area contributed by atoms with Crippen molar-refractivity contribution in [1.29, 1.82) is 0 Å². The van der Waals surface area contributed by atoms with Crippen molar-refractivity contribution >= 4 is 40.1 Å². The normalized spacial score (nSPS) is 27.6. The van der Waals surface area contributed by atoms with Gasteiger partial charge in [-0.15, -0.1) is 11.8 Å². The number of allylic oxidation sites excluding steroid dienone is 5. The van der Waals surface area contributed by atoms with Crippen molar-refractivity contribution in [2.45, 2.75) is 126 Å². The first-order valence-electron chi connectivity index (χ1n) is 21.8. The van der Waals surface area contributed by atoms with Gasteiger partial charge >= 0.3 is 29.4 Å². The maximum absolute atomic E-state index is 16.8. The predicted molar refractivity (Wildman–Crippen MR) is 250 cm³/mol. The van der Waals surface area contributed by atoms with E-state index in [2.05, 4.69) is 23.7 Å². The van der Waals surface area contributed by atoms with Crippen LogP contribution in [0, 0.1) is 34.1 Å². The molecule has 2 aliphatic carbocycles. The van der Waals surface area contributed by atoms with E-state index >= 15 is 26.3 Å². The van der Waals surface area contributed by atoms with Gasteiger partial charge < -0.3 is 10.4 Å². The van der Waals surface area contributed by atoms with Gasteiger partial charge in [-0.1, -0.05) is 88.0 Å². The Hall–Kier alpha value is -5.52. The van der Waals surface area contributed by atoms with E-state index in [-0.39, 0.29) is 50.0 Å². The van der Waals surface area contributed by atoms with Gasteiger partial charge in [0.05, 0.1) is 20.8 Å². The number of amidine groups is 2. The number of halogens is 6. The third-order valence-electron chi connectivity index (χ3n) is 15.4. The third-order valence-corrected chi connectivity index (χ3v) is 18.9. The molecule has 0 aromatic heterocycles. The van der Waals surface area contributed by atoms with Crippen LogP contribution in [0.5, 0.6) is 0 Å². The minimum atomic E-state index is -5.84. The molecule has 2 unspecified atom stereocenters. The Labute approximate surface area is 399 Å². The highest BCUT2D eigenvalue weighted by Gasteiger charge is 2.85. The molecule has 2 atom stereocenters. The molecule has 6 aliphatic rings. The van der Waals surface area contributed by atoms with Crippen LogP contribution < -0.4 is 0 Å². The topological polar surface area (TPSA) is 98.4 Å². The second kappa shape index (κ2) is 14.5. The Bertz CT molecular complexity index is 3130. The van der Waals surface area contributed by atoms with Gasteiger partial charge in [-0.25, -0.2) is 0 Å². The number of alkyl halides is 6. The average molecular weight is 969 g/mol. The van der Waals surface area contributed by atoms with Crippen LogP contribution in [0.4, 0.5) is 26.3 Å². The van der Waals surface area contributed by atoms with Crippen LogP contribution in [-0.2, 0) is 10.4 Å². The molecule has 16 heteroatoms. The van der Waals surface area contributed by atoms with Gasteiger partial charge in [-0.3, -0.25) is 9.48 Å². The number of thioether (sulfide) groups is 2. The number of fused-ring (bicyclic) bond motifs is 4. The second-order valence-corrected chi connectivity index (χ2v) is 22.8. The van der Waals surface area contributed by atoms with Gasteiger partial charge in [0.2, 0.25) is 0 Å². The smallest absolute Gasteiger partial charge is 0.380 e. The van der Waals surface area contributed by atoms with E-state index < -0.39 is 66.1 Å². The van der Waals surface area contributed by atoms with E-state index in [1.54, 1.807) is 129 Å². The van der Waals surface area contributed by atoms with Gasteiger partial charge in [0, 0.05) is 37.6 Å². The summed E-state index contributed by atoms with van der Waals surface area (Å²) < 4.78 is 96.5. The summed E-state index contributed by atoms with van der Waals surface area (Å²) in [5, 5.41) is 55.7. The molecule has 1 saturated carbocycles. The van der Waals surface area contributed by atoms with Crippen LogP contribution >= 0.6 is 23.5 Å². The largest absolute Gasteiger partial charge is 0.714 e. The molecule has 0 spiro atoms. The number of nitrogens with zero attached hydrogens (tertiary/aromatic N) is 4. The summed E-state index contributed by atoms with van der Waals surface area (Å²) in [4.78, 5) is 0.498. The first-order chi connectivity index (χ1) is 31.4. The highest BCUT2D eigenvalue weighted by atomic mass is 32.2. The van der Waals surface area contributed by atoms with Gasteiger partial charge in [0.25, 0.3) is 0 Å². The predicted octanol–water partition coefficient (Wildman–Crippen LogP) is 11.3. The van der Waals surface area contributed by atoms with Crippen LogP contribution in [0.1, 0.15) is 104 Å². The number of hydroxylamine groups is 6. The molecule has 4 aliphatic heterocycles. The minimum absolute atomic E-state index is 0.0610. The van der Waals surface area contributed by atoms with E-state index in [9.17, 15) is 20.8 Å². The lowest BCUT2D eigenvalue weighted by Gasteiger charge is -2.47. The molecular weight excluding hydrogens is 923 g/mol. The SMILES string of the molecule is CC1=C(C#Cc2cccc(C3=[N+]([O-])C(C)(C)C(C)(C)N3[O])c2)SC2(C#Cc3cccc(C4=[N+]([O-])C(C)(C)C(C)(C)N4[O])c3)C1=C1C(=C3C(C)=C(c4ccccc4)SC32C)C(F)(F)C(F)(F)C1(F)F. The molecule has 8 nitrogen and oxygen atoms in total. The lowest BCUT2D eigenvalue weighted by atomic mass is 9.67. The van der Waals surface area contributed by atoms with Crippen molar-refractivity contribution in [2.75, 3.05) is 0 Å². The first kappa shape index (κ1) is 47.5. The quantitative estimate of drug-likeness (QED) is 0.112.